The zero-order valence-corrected chi connectivity index (χ0v) is 12.6. The van der Waals surface area contributed by atoms with Crippen LogP contribution in [0.3, 0.4) is 0 Å². The first-order chi connectivity index (χ1) is 10.5. The van der Waals surface area contributed by atoms with Crippen LogP contribution in [0.25, 0.3) is 10.9 Å². The normalized spacial score (nSPS) is 18.7. The van der Waals surface area contributed by atoms with Crippen molar-refractivity contribution in [2.24, 2.45) is 7.05 Å². The number of rotatable bonds is 2. The molecule has 1 aliphatic carbocycles. The van der Waals surface area contributed by atoms with E-state index >= 15 is 0 Å². The predicted molar refractivity (Wildman–Crippen MR) is 80.5 cm³/mol. The number of carbonyl (C=O) groups excluding carboxylic acids is 3. The molecule has 0 radical (unpaired) electrons. The quantitative estimate of drug-likeness (QED) is 0.784. The zero-order chi connectivity index (χ0) is 15.9. The van der Waals surface area contributed by atoms with Crippen molar-refractivity contribution < 1.29 is 14.4 Å². The highest BCUT2D eigenvalue weighted by atomic mass is 16.2. The Labute approximate surface area is 127 Å². The molecule has 0 spiro atoms. The number of Topliss-reactive ketones (excluding diaryl/α,β-unsaturated/α-hetero) is 2. The number of aromatic nitrogens is 2. The fraction of sp³-hybridized carbons (Fsp3) is 0.375. The number of likely N-dealkylation sites (N-methyl/N-ethyl adjacent to an activating group) is 1. The minimum atomic E-state index is -0.507. The highest BCUT2D eigenvalue weighted by Gasteiger charge is 2.32. The number of nitrogens with zero attached hydrogens (tertiary/aromatic N) is 3. The topological polar surface area (TPSA) is 72.3 Å². The van der Waals surface area contributed by atoms with Gasteiger partial charge in [-0.05, 0) is 18.6 Å². The smallest absolute Gasteiger partial charge is 0.254 e. The molecular weight excluding hydrogens is 282 g/mol. The van der Waals surface area contributed by atoms with E-state index in [1.54, 1.807) is 30.1 Å². The molecule has 1 atom stereocenters. The Morgan fingerprint density at radius 2 is 2.14 bits per heavy atom. The van der Waals surface area contributed by atoms with Gasteiger partial charge in [0.1, 0.15) is 5.78 Å². The molecule has 1 aliphatic rings. The molecule has 1 unspecified atom stereocenters. The van der Waals surface area contributed by atoms with Gasteiger partial charge in [-0.3, -0.25) is 19.1 Å². The van der Waals surface area contributed by atoms with Gasteiger partial charge in [0, 0.05) is 31.5 Å². The first-order valence-corrected chi connectivity index (χ1v) is 7.20. The number of ketones is 2. The lowest BCUT2D eigenvalue weighted by molar-refractivity contribution is -0.132. The minimum absolute atomic E-state index is 0.0431. The molecule has 1 amide bonds. The third kappa shape index (κ3) is 2.41. The fourth-order valence-corrected chi connectivity index (χ4v) is 2.89. The lowest BCUT2D eigenvalue weighted by Gasteiger charge is -2.29. The molecule has 1 heterocycles. The third-order valence-electron chi connectivity index (χ3n) is 4.22. The van der Waals surface area contributed by atoms with E-state index in [1.165, 1.54) is 4.90 Å². The van der Waals surface area contributed by atoms with E-state index < -0.39 is 6.04 Å². The summed E-state index contributed by atoms with van der Waals surface area (Å²) in [5.74, 6) is -0.428. The molecule has 1 aromatic carbocycles. The number of carbonyl (C=O) groups is 3. The van der Waals surface area contributed by atoms with Gasteiger partial charge in [0.25, 0.3) is 5.91 Å². The van der Waals surface area contributed by atoms with Crippen LogP contribution in [-0.4, -0.2) is 45.2 Å². The van der Waals surface area contributed by atoms with E-state index in [0.717, 1.165) is 10.9 Å². The van der Waals surface area contributed by atoms with Crippen LogP contribution in [0.5, 0.6) is 0 Å². The maximum absolute atomic E-state index is 12.6. The fourth-order valence-electron chi connectivity index (χ4n) is 2.89. The average molecular weight is 299 g/mol. The van der Waals surface area contributed by atoms with Crippen LogP contribution in [0, 0.1) is 0 Å². The monoisotopic (exact) mass is 299 g/mol. The van der Waals surface area contributed by atoms with E-state index in [1.807, 2.05) is 13.1 Å². The molecule has 0 N–H and O–H groups in total. The Bertz CT molecular complexity index is 778. The van der Waals surface area contributed by atoms with Crippen LogP contribution in [0.2, 0.25) is 0 Å². The van der Waals surface area contributed by atoms with Crippen molar-refractivity contribution in [1.29, 1.82) is 0 Å². The maximum atomic E-state index is 12.6. The molecule has 6 nitrogen and oxygen atoms in total. The second-order valence-corrected chi connectivity index (χ2v) is 5.69. The van der Waals surface area contributed by atoms with Gasteiger partial charge in [0.2, 0.25) is 0 Å². The molecule has 0 saturated heterocycles. The molecule has 0 aliphatic heterocycles. The summed E-state index contributed by atoms with van der Waals surface area (Å²) in [5, 5.41) is 5.11. The van der Waals surface area contributed by atoms with Gasteiger partial charge in [-0.25, -0.2) is 0 Å². The van der Waals surface area contributed by atoms with Gasteiger partial charge in [-0.2, -0.15) is 5.10 Å². The molecule has 2 aromatic rings. The third-order valence-corrected chi connectivity index (χ3v) is 4.22. The van der Waals surface area contributed by atoms with Gasteiger partial charge in [0.05, 0.1) is 24.2 Å². The Morgan fingerprint density at radius 3 is 2.86 bits per heavy atom. The maximum Gasteiger partial charge on any atom is 0.254 e. The summed E-state index contributed by atoms with van der Waals surface area (Å²) in [7, 11) is 3.44. The standard InChI is InChI=1S/C16H17N3O3/c1-18(13-6-5-12(20)8-15(13)21)16(22)10-3-4-11-9-17-19(2)14(11)7-10/h3-4,7,9,13H,5-6,8H2,1-2H3. The molecule has 3 rings (SSSR count). The van der Waals surface area contributed by atoms with Gasteiger partial charge >= 0.3 is 0 Å². The lowest BCUT2D eigenvalue weighted by Crippen LogP contribution is -2.45. The Balaban J connectivity index is 1.86. The SMILES string of the molecule is CN(C(=O)c1ccc2cnn(C)c2c1)C1CCC(=O)CC1=O. The molecule has 22 heavy (non-hydrogen) atoms. The zero-order valence-electron chi connectivity index (χ0n) is 12.6. The van der Waals surface area contributed by atoms with Crippen LogP contribution in [0.4, 0.5) is 0 Å². The van der Waals surface area contributed by atoms with Crippen molar-refractivity contribution >= 4 is 28.4 Å². The van der Waals surface area contributed by atoms with Crippen molar-refractivity contribution in [3.63, 3.8) is 0 Å². The second kappa shape index (κ2) is 5.36. The van der Waals surface area contributed by atoms with Crippen molar-refractivity contribution in [1.82, 2.24) is 14.7 Å². The van der Waals surface area contributed by atoms with E-state index in [9.17, 15) is 14.4 Å². The number of hydrogen-bond acceptors (Lipinski definition) is 4. The molecule has 6 heteroatoms. The highest BCUT2D eigenvalue weighted by Crippen LogP contribution is 2.20. The van der Waals surface area contributed by atoms with Gasteiger partial charge in [-0.1, -0.05) is 6.07 Å². The number of amides is 1. The Morgan fingerprint density at radius 1 is 1.36 bits per heavy atom. The largest absolute Gasteiger partial charge is 0.332 e. The molecule has 1 aromatic heterocycles. The first kappa shape index (κ1) is 14.4. The van der Waals surface area contributed by atoms with E-state index in [0.29, 0.717) is 18.4 Å². The van der Waals surface area contributed by atoms with Crippen LogP contribution in [0.15, 0.2) is 24.4 Å². The molecule has 114 valence electrons. The summed E-state index contributed by atoms with van der Waals surface area (Å²) in [6.45, 7) is 0. The molecule has 0 bridgehead atoms. The second-order valence-electron chi connectivity index (χ2n) is 5.69. The average Bonchev–Trinajstić information content (AvgIpc) is 2.87. The van der Waals surface area contributed by atoms with Crippen LogP contribution in [0.1, 0.15) is 29.6 Å². The highest BCUT2D eigenvalue weighted by molar-refractivity contribution is 6.06. The number of fused-ring (bicyclic) bond motifs is 1. The van der Waals surface area contributed by atoms with Crippen LogP contribution >= 0.6 is 0 Å². The number of hydrogen-bond donors (Lipinski definition) is 0. The number of benzene rings is 1. The van der Waals surface area contributed by atoms with Gasteiger partial charge < -0.3 is 4.90 Å². The molecule has 1 fully saturated rings. The van der Waals surface area contributed by atoms with E-state index in [-0.39, 0.29) is 23.9 Å². The Kier molecular flexibility index (Phi) is 3.52. The Hall–Kier alpha value is -2.50. The summed E-state index contributed by atoms with van der Waals surface area (Å²) in [6, 6.07) is 4.85. The minimum Gasteiger partial charge on any atom is -0.332 e. The van der Waals surface area contributed by atoms with Gasteiger partial charge in [0.15, 0.2) is 5.78 Å². The van der Waals surface area contributed by atoms with Crippen LogP contribution < -0.4 is 0 Å². The summed E-state index contributed by atoms with van der Waals surface area (Å²) in [6.07, 6.45) is 2.44. The summed E-state index contributed by atoms with van der Waals surface area (Å²) in [5.41, 5.74) is 1.38. The van der Waals surface area contributed by atoms with Crippen molar-refractivity contribution in [2.75, 3.05) is 7.05 Å². The summed E-state index contributed by atoms with van der Waals surface area (Å²) >= 11 is 0. The van der Waals surface area contributed by atoms with Crippen molar-refractivity contribution in [3.8, 4) is 0 Å². The van der Waals surface area contributed by atoms with Crippen LogP contribution in [-0.2, 0) is 16.6 Å². The summed E-state index contributed by atoms with van der Waals surface area (Å²) in [4.78, 5) is 37.3. The number of aryl methyl sites for hydroxylation is 1. The summed E-state index contributed by atoms with van der Waals surface area (Å²) < 4.78 is 1.70. The lowest BCUT2D eigenvalue weighted by atomic mass is 9.91. The predicted octanol–water partition coefficient (Wildman–Crippen LogP) is 1.34. The van der Waals surface area contributed by atoms with Crippen molar-refractivity contribution in [3.05, 3.63) is 30.0 Å². The molecule has 1 saturated carbocycles. The van der Waals surface area contributed by atoms with Gasteiger partial charge in [-0.15, -0.1) is 0 Å². The first-order valence-electron chi connectivity index (χ1n) is 7.20. The molecular formula is C16H17N3O3. The van der Waals surface area contributed by atoms with E-state index in [2.05, 4.69) is 5.10 Å². The van der Waals surface area contributed by atoms with E-state index in [4.69, 9.17) is 0 Å². The van der Waals surface area contributed by atoms with Crippen molar-refractivity contribution in [2.45, 2.75) is 25.3 Å².